The summed E-state index contributed by atoms with van der Waals surface area (Å²) in [6.45, 7) is 5.97. The maximum Gasteiger partial charge on any atom is 0.191 e. The summed E-state index contributed by atoms with van der Waals surface area (Å²) in [5.41, 5.74) is 0.724. The van der Waals surface area contributed by atoms with Crippen LogP contribution in [0, 0.1) is 6.92 Å². The van der Waals surface area contributed by atoms with Crippen LogP contribution < -0.4 is 15.4 Å². The smallest absolute Gasteiger partial charge is 0.191 e. The molecule has 2 aromatic rings. The first-order valence-corrected chi connectivity index (χ1v) is 8.73. The molecule has 0 aliphatic heterocycles. The molecule has 7 heteroatoms. The van der Waals surface area contributed by atoms with E-state index in [4.69, 9.17) is 4.74 Å². The number of aliphatic imine (C=N–C) groups is 1. The molecule has 3 N–H and O–H groups in total. The van der Waals surface area contributed by atoms with Crippen molar-refractivity contribution >= 4 is 17.3 Å². The Balaban J connectivity index is 1.94. The van der Waals surface area contributed by atoms with Crippen molar-refractivity contribution in [3.8, 4) is 11.5 Å². The van der Waals surface area contributed by atoms with E-state index in [1.54, 1.807) is 36.6 Å². The molecule has 0 saturated carbocycles. The van der Waals surface area contributed by atoms with Crippen LogP contribution in [0.2, 0.25) is 0 Å². The van der Waals surface area contributed by atoms with E-state index >= 15 is 0 Å². The third kappa shape index (κ3) is 5.42. The number of aromatic nitrogens is 1. The zero-order chi connectivity index (χ0) is 17.4. The minimum atomic E-state index is 0.216. The Morgan fingerprint density at radius 1 is 1.38 bits per heavy atom. The van der Waals surface area contributed by atoms with E-state index in [1.165, 1.54) is 4.88 Å². The number of rotatable bonds is 7. The number of aromatic hydroxyl groups is 1. The van der Waals surface area contributed by atoms with Gasteiger partial charge < -0.3 is 20.5 Å². The molecule has 0 spiro atoms. The predicted octanol–water partition coefficient (Wildman–Crippen LogP) is 2.46. The topological polar surface area (TPSA) is 78.8 Å². The first-order chi connectivity index (χ1) is 11.6. The number of nitrogens with zero attached hydrogens (tertiary/aromatic N) is 2. The number of nitrogens with one attached hydrogen (secondary N) is 2. The maximum absolute atomic E-state index is 9.93. The van der Waals surface area contributed by atoms with Crippen molar-refractivity contribution in [2.75, 3.05) is 20.2 Å². The number of hydrogen-bond acceptors (Lipinski definition) is 5. The van der Waals surface area contributed by atoms with Crippen molar-refractivity contribution in [3.63, 3.8) is 0 Å². The molecular weight excluding hydrogens is 324 g/mol. The summed E-state index contributed by atoms with van der Waals surface area (Å²) in [5.74, 6) is 1.64. The van der Waals surface area contributed by atoms with Gasteiger partial charge in [0, 0.05) is 36.1 Å². The summed E-state index contributed by atoms with van der Waals surface area (Å²) in [4.78, 5) is 10.1. The van der Waals surface area contributed by atoms with Crippen molar-refractivity contribution in [1.29, 1.82) is 0 Å². The number of hydrogen-bond donors (Lipinski definition) is 3. The third-order valence-electron chi connectivity index (χ3n) is 3.34. The standard InChI is InChI=1S/C17H24N4O2S/c1-4-18-17(19-8-7-16-20-10-12(2)24-16)21-11-13-9-14(23-3)5-6-15(13)22/h5-6,9-10,22H,4,7-8,11H2,1-3H3,(H2,18,19,21). The number of guanidine groups is 1. The van der Waals surface area contributed by atoms with Crippen LogP contribution in [0.1, 0.15) is 22.4 Å². The van der Waals surface area contributed by atoms with Crippen LogP contribution in [0.3, 0.4) is 0 Å². The summed E-state index contributed by atoms with van der Waals surface area (Å²) in [5, 5.41) is 17.5. The van der Waals surface area contributed by atoms with E-state index < -0.39 is 0 Å². The van der Waals surface area contributed by atoms with Crippen LogP contribution in [0.25, 0.3) is 0 Å². The van der Waals surface area contributed by atoms with E-state index in [0.29, 0.717) is 18.3 Å². The van der Waals surface area contributed by atoms with Crippen LogP contribution in [-0.4, -0.2) is 36.2 Å². The van der Waals surface area contributed by atoms with Gasteiger partial charge in [-0.25, -0.2) is 9.98 Å². The van der Waals surface area contributed by atoms with E-state index in [1.807, 2.05) is 13.1 Å². The zero-order valence-corrected chi connectivity index (χ0v) is 15.1. The number of aryl methyl sites for hydroxylation is 1. The monoisotopic (exact) mass is 348 g/mol. The van der Waals surface area contributed by atoms with Gasteiger partial charge in [0.15, 0.2) is 5.96 Å². The quantitative estimate of drug-likeness (QED) is 0.529. The highest BCUT2D eigenvalue weighted by Crippen LogP contribution is 2.23. The van der Waals surface area contributed by atoms with Crippen LogP contribution in [0.5, 0.6) is 11.5 Å². The van der Waals surface area contributed by atoms with Crippen molar-refractivity contribution in [2.45, 2.75) is 26.8 Å². The Bertz CT molecular complexity index is 685. The van der Waals surface area contributed by atoms with Crippen LogP contribution in [-0.2, 0) is 13.0 Å². The van der Waals surface area contributed by atoms with Gasteiger partial charge in [0.1, 0.15) is 11.5 Å². The number of benzene rings is 1. The van der Waals surface area contributed by atoms with Gasteiger partial charge in [-0.2, -0.15) is 0 Å². The molecule has 0 radical (unpaired) electrons. The Hall–Kier alpha value is -2.28. The molecule has 6 nitrogen and oxygen atoms in total. The Labute approximate surface area is 146 Å². The van der Waals surface area contributed by atoms with Gasteiger partial charge in [-0.05, 0) is 32.0 Å². The second-order valence-electron chi connectivity index (χ2n) is 5.23. The van der Waals surface area contributed by atoms with Gasteiger partial charge >= 0.3 is 0 Å². The molecule has 2 rings (SSSR count). The summed E-state index contributed by atoms with van der Waals surface area (Å²) in [7, 11) is 1.60. The SMILES string of the molecule is CCNC(=NCc1cc(OC)ccc1O)NCCc1ncc(C)s1. The minimum absolute atomic E-state index is 0.216. The molecule has 0 unspecified atom stereocenters. The Morgan fingerprint density at radius 3 is 2.88 bits per heavy atom. The highest BCUT2D eigenvalue weighted by molar-refractivity contribution is 7.11. The van der Waals surface area contributed by atoms with E-state index in [9.17, 15) is 5.11 Å². The predicted molar refractivity (Wildman–Crippen MR) is 98.0 cm³/mol. The molecule has 1 aromatic heterocycles. The molecule has 0 bridgehead atoms. The highest BCUT2D eigenvalue weighted by Gasteiger charge is 2.05. The van der Waals surface area contributed by atoms with Gasteiger partial charge in [-0.3, -0.25) is 0 Å². The summed E-state index contributed by atoms with van der Waals surface area (Å²) >= 11 is 1.71. The molecule has 0 saturated heterocycles. The Morgan fingerprint density at radius 2 is 2.21 bits per heavy atom. The van der Waals surface area contributed by atoms with Crippen LogP contribution >= 0.6 is 11.3 Å². The maximum atomic E-state index is 9.93. The minimum Gasteiger partial charge on any atom is -0.508 e. The number of phenolic OH excluding ortho intramolecular Hbond substituents is 1. The lowest BCUT2D eigenvalue weighted by Gasteiger charge is -2.11. The molecule has 1 aromatic carbocycles. The van der Waals surface area contributed by atoms with Crippen molar-refractivity contribution < 1.29 is 9.84 Å². The van der Waals surface area contributed by atoms with Gasteiger partial charge in [0.05, 0.1) is 18.7 Å². The largest absolute Gasteiger partial charge is 0.508 e. The first-order valence-electron chi connectivity index (χ1n) is 7.91. The summed E-state index contributed by atoms with van der Waals surface area (Å²) in [6, 6.07) is 5.14. The third-order valence-corrected chi connectivity index (χ3v) is 4.31. The van der Waals surface area contributed by atoms with Gasteiger partial charge in [-0.1, -0.05) is 0 Å². The molecule has 24 heavy (non-hydrogen) atoms. The van der Waals surface area contributed by atoms with Gasteiger partial charge in [0.25, 0.3) is 0 Å². The van der Waals surface area contributed by atoms with Crippen molar-refractivity contribution in [2.24, 2.45) is 4.99 Å². The van der Waals surface area contributed by atoms with E-state index in [0.717, 1.165) is 30.1 Å². The zero-order valence-electron chi connectivity index (χ0n) is 14.3. The molecule has 0 atom stereocenters. The fourth-order valence-corrected chi connectivity index (χ4v) is 2.91. The molecule has 0 amide bonds. The normalized spacial score (nSPS) is 11.4. The summed E-state index contributed by atoms with van der Waals surface area (Å²) in [6.07, 6.45) is 2.75. The molecular formula is C17H24N4O2S. The van der Waals surface area contributed by atoms with E-state index in [2.05, 4.69) is 27.5 Å². The number of methoxy groups -OCH3 is 1. The molecule has 0 fully saturated rings. The molecule has 0 aliphatic carbocycles. The average molecular weight is 348 g/mol. The average Bonchev–Trinajstić information content (AvgIpc) is 2.99. The second kappa shape index (κ2) is 9.12. The fraction of sp³-hybridized carbons (Fsp3) is 0.412. The van der Waals surface area contributed by atoms with E-state index in [-0.39, 0.29) is 5.75 Å². The van der Waals surface area contributed by atoms with Gasteiger partial charge in [0.2, 0.25) is 0 Å². The fourth-order valence-electron chi connectivity index (χ4n) is 2.13. The van der Waals surface area contributed by atoms with Crippen molar-refractivity contribution in [1.82, 2.24) is 15.6 Å². The molecule has 130 valence electrons. The van der Waals surface area contributed by atoms with Crippen LogP contribution in [0.4, 0.5) is 0 Å². The first kappa shape index (κ1) is 18.1. The van der Waals surface area contributed by atoms with Gasteiger partial charge in [-0.15, -0.1) is 11.3 Å². The second-order valence-corrected chi connectivity index (χ2v) is 6.55. The summed E-state index contributed by atoms with van der Waals surface area (Å²) < 4.78 is 5.18. The Kier molecular flexibility index (Phi) is 6.87. The van der Waals surface area contributed by atoms with Crippen LogP contribution in [0.15, 0.2) is 29.4 Å². The lowest BCUT2D eigenvalue weighted by Crippen LogP contribution is -2.38. The highest BCUT2D eigenvalue weighted by atomic mass is 32.1. The number of thiazole rings is 1. The van der Waals surface area contributed by atoms with Crippen molar-refractivity contribution in [3.05, 3.63) is 39.8 Å². The number of ether oxygens (including phenoxy) is 1. The lowest BCUT2D eigenvalue weighted by molar-refractivity contribution is 0.411. The number of phenols is 1. The lowest BCUT2D eigenvalue weighted by atomic mass is 10.2. The molecule has 1 heterocycles. The molecule has 0 aliphatic rings.